The van der Waals surface area contributed by atoms with E-state index in [1.807, 2.05) is 51.0 Å². The molecule has 3 heterocycles. The number of likely N-dealkylation sites (tertiary alicyclic amines) is 1. The van der Waals surface area contributed by atoms with Gasteiger partial charge in [-0.1, -0.05) is 11.6 Å². The molecule has 34 heavy (non-hydrogen) atoms. The Bertz CT molecular complexity index is 1190. The number of rotatable bonds is 5. The van der Waals surface area contributed by atoms with Crippen LogP contribution in [0.25, 0.3) is 22.0 Å². The molecule has 1 atom stereocenters. The third kappa shape index (κ3) is 5.66. The molecule has 1 amide bonds. The number of piperidine rings is 1. The van der Waals surface area contributed by atoms with Crippen molar-refractivity contribution in [3.8, 4) is 16.9 Å². The molecule has 0 aliphatic carbocycles. The summed E-state index contributed by atoms with van der Waals surface area (Å²) in [6.45, 7) is 6.86. The molecule has 0 unspecified atom stereocenters. The first-order valence-electron chi connectivity index (χ1n) is 11.5. The lowest BCUT2D eigenvalue weighted by atomic mass is 10.0. The Morgan fingerprint density at radius 2 is 2.06 bits per heavy atom. The molecule has 1 aromatic carbocycles. The molecule has 1 fully saturated rings. The van der Waals surface area contributed by atoms with Crippen LogP contribution in [0.1, 0.15) is 46.5 Å². The van der Waals surface area contributed by atoms with E-state index in [-0.39, 0.29) is 12.1 Å². The van der Waals surface area contributed by atoms with E-state index in [4.69, 9.17) is 21.1 Å². The Morgan fingerprint density at radius 1 is 1.26 bits per heavy atom. The van der Waals surface area contributed by atoms with E-state index in [2.05, 4.69) is 26.0 Å². The molecule has 1 aliphatic rings. The molecule has 1 saturated heterocycles. The summed E-state index contributed by atoms with van der Waals surface area (Å²) < 4.78 is 14.4. The minimum Gasteiger partial charge on any atom is -0.492 e. The highest BCUT2D eigenvalue weighted by molar-refractivity contribution is 9.10. The standard InChI is InChI=1S/C25H30BrClN4O3/c1-25(2,3)34-24(32)31-9-6-5-7-17(31)8-10-33-23-19-11-18(16-13-29-30(4)15-16)21(27)12-22(19)28-14-20(23)26/h11-15,17H,5-10H2,1-4H3/t17-/m1/s1. The van der Waals surface area contributed by atoms with Crippen LogP contribution in [0.5, 0.6) is 5.75 Å². The summed E-state index contributed by atoms with van der Waals surface area (Å²) in [7, 11) is 1.87. The molecule has 0 N–H and O–H groups in total. The number of aryl methyl sites for hydroxylation is 1. The highest BCUT2D eigenvalue weighted by Crippen LogP contribution is 2.38. The fraction of sp³-hybridized carbons (Fsp3) is 0.480. The van der Waals surface area contributed by atoms with E-state index < -0.39 is 5.60 Å². The Kier molecular flexibility index (Phi) is 7.38. The smallest absolute Gasteiger partial charge is 0.410 e. The maximum atomic E-state index is 12.7. The first-order chi connectivity index (χ1) is 16.1. The second-order valence-electron chi connectivity index (χ2n) is 9.65. The second-order valence-corrected chi connectivity index (χ2v) is 10.9. The first-order valence-corrected chi connectivity index (χ1v) is 12.7. The van der Waals surface area contributed by atoms with Gasteiger partial charge in [0.1, 0.15) is 11.4 Å². The van der Waals surface area contributed by atoms with Gasteiger partial charge < -0.3 is 14.4 Å². The molecule has 0 saturated carbocycles. The molecule has 0 radical (unpaired) electrons. The van der Waals surface area contributed by atoms with E-state index in [0.29, 0.717) is 23.9 Å². The van der Waals surface area contributed by atoms with Gasteiger partial charge in [0, 0.05) is 55.0 Å². The van der Waals surface area contributed by atoms with Gasteiger partial charge in [-0.25, -0.2) is 4.79 Å². The van der Waals surface area contributed by atoms with Gasteiger partial charge in [-0.2, -0.15) is 5.10 Å². The van der Waals surface area contributed by atoms with Crippen LogP contribution in [-0.2, 0) is 11.8 Å². The molecule has 0 bridgehead atoms. The van der Waals surface area contributed by atoms with Gasteiger partial charge in [0.05, 0.1) is 27.8 Å². The third-order valence-corrected chi connectivity index (χ3v) is 6.71. The van der Waals surface area contributed by atoms with Crippen molar-refractivity contribution in [2.75, 3.05) is 13.2 Å². The molecule has 182 valence electrons. The van der Waals surface area contributed by atoms with Crippen molar-refractivity contribution < 1.29 is 14.3 Å². The zero-order chi connectivity index (χ0) is 24.5. The van der Waals surface area contributed by atoms with Crippen molar-refractivity contribution in [3.05, 3.63) is 40.2 Å². The summed E-state index contributed by atoms with van der Waals surface area (Å²) in [6, 6.07) is 3.94. The molecule has 2 aromatic heterocycles. The summed E-state index contributed by atoms with van der Waals surface area (Å²) >= 11 is 10.2. The molecule has 4 rings (SSSR count). The van der Waals surface area contributed by atoms with Gasteiger partial charge in [-0.3, -0.25) is 9.67 Å². The fourth-order valence-electron chi connectivity index (χ4n) is 4.25. The first kappa shape index (κ1) is 24.8. The van der Waals surface area contributed by atoms with E-state index in [1.165, 1.54) is 0 Å². The van der Waals surface area contributed by atoms with Crippen LogP contribution >= 0.6 is 27.5 Å². The number of nitrogens with zero attached hydrogens (tertiary/aromatic N) is 4. The van der Waals surface area contributed by atoms with E-state index >= 15 is 0 Å². The lowest BCUT2D eigenvalue weighted by molar-refractivity contribution is 0.00744. The van der Waals surface area contributed by atoms with Gasteiger partial charge in [0.25, 0.3) is 0 Å². The van der Waals surface area contributed by atoms with Crippen molar-refractivity contribution in [2.45, 2.75) is 58.1 Å². The lowest BCUT2D eigenvalue weighted by Gasteiger charge is -2.36. The van der Waals surface area contributed by atoms with Crippen molar-refractivity contribution in [2.24, 2.45) is 7.05 Å². The van der Waals surface area contributed by atoms with Crippen LogP contribution in [-0.4, -0.2) is 50.6 Å². The van der Waals surface area contributed by atoms with Gasteiger partial charge >= 0.3 is 6.09 Å². The highest BCUT2D eigenvalue weighted by Gasteiger charge is 2.30. The van der Waals surface area contributed by atoms with Crippen LogP contribution in [0.4, 0.5) is 4.79 Å². The quantitative estimate of drug-likeness (QED) is 0.358. The minimum absolute atomic E-state index is 0.0934. The lowest BCUT2D eigenvalue weighted by Crippen LogP contribution is -2.46. The molecule has 3 aromatic rings. The predicted molar refractivity (Wildman–Crippen MR) is 137 cm³/mol. The van der Waals surface area contributed by atoms with Gasteiger partial charge in [-0.05, 0) is 68.1 Å². The summed E-state index contributed by atoms with van der Waals surface area (Å²) in [4.78, 5) is 19.1. The monoisotopic (exact) mass is 548 g/mol. The van der Waals surface area contributed by atoms with Crippen LogP contribution in [0, 0.1) is 0 Å². The number of aromatic nitrogens is 3. The number of pyridine rings is 1. The zero-order valence-electron chi connectivity index (χ0n) is 20.0. The van der Waals surface area contributed by atoms with E-state index in [0.717, 1.165) is 52.2 Å². The average Bonchev–Trinajstić information content (AvgIpc) is 3.20. The predicted octanol–water partition coefficient (Wildman–Crippen LogP) is 6.61. The zero-order valence-corrected chi connectivity index (χ0v) is 22.3. The summed E-state index contributed by atoms with van der Waals surface area (Å²) in [5, 5.41) is 5.73. The number of carbonyl (C=O) groups excluding carboxylic acids is 1. The topological polar surface area (TPSA) is 69.5 Å². The molecule has 1 aliphatic heterocycles. The minimum atomic E-state index is -0.510. The van der Waals surface area contributed by atoms with Crippen LogP contribution in [0.15, 0.2) is 35.2 Å². The van der Waals surface area contributed by atoms with Crippen molar-refractivity contribution in [1.82, 2.24) is 19.7 Å². The summed E-state index contributed by atoms with van der Waals surface area (Å²) in [5.41, 5.74) is 2.04. The molecule has 9 heteroatoms. The number of carbonyl (C=O) groups is 1. The number of hydrogen-bond acceptors (Lipinski definition) is 5. The molecule has 0 spiro atoms. The summed E-state index contributed by atoms with van der Waals surface area (Å²) in [5.74, 6) is 0.714. The highest BCUT2D eigenvalue weighted by atomic mass is 79.9. The summed E-state index contributed by atoms with van der Waals surface area (Å²) in [6.07, 6.45) is 8.95. The number of fused-ring (bicyclic) bond motifs is 1. The molecular weight excluding hydrogens is 520 g/mol. The van der Waals surface area contributed by atoms with Crippen LogP contribution < -0.4 is 4.74 Å². The number of amides is 1. The SMILES string of the molecule is Cn1cc(-c2cc3c(OCC[C@H]4CCCCN4C(=O)OC(C)(C)C)c(Br)cnc3cc2Cl)cn1. The molecular formula is C25H30BrClN4O3. The fourth-order valence-corrected chi connectivity index (χ4v) is 4.95. The number of ether oxygens (including phenoxy) is 2. The van der Waals surface area contributed by atoms with Gasteiger partial charge in [0.15, 0.2) is 0 Å². The molecule has 7 nitrogen and oxygen atoms in total. The Balaban J connectivity index is 1.53. The third-order valence-electron chi connectivity index (χ3n) is 5.83. The van der Waals surface area contributed by atoms with Crippen molar-refractivity contribution >= 4 is 44.5 Å². The van der Waals surface area contributed by atoms with Crippen LogP contribution in [0.3, 0.4) is 0 Å². The van der Waals surface area contributed by atoms with E-state index in [1.54, 1.807) is 17.1 Å². The largest absolute Gasteiger partial charge is 0.492 e. The maximum absolute atomic E-state index is 12.7. The normalized spacial score (nSPS) is 16.6. The Labute approximate surface area is 213 Å². The number of benzene rings is 1. The van der Waals surface area contributed by atoms with Gasteiger partial charge in [-0.15, -0.1) is 0 Å². The van der Waals surface area contributed by atoms with Crippen molar-refractivity contribution in [3.63, 3.8) is 0 Å². The average molecular weight is 550 g/mol. The maximum Gasteiger partial charge on any atom is 0.410 e. The number of hydrogen-bond donors (Lipinski definition) is 0. The second kappa shape index (κ2) is 10.1. The Hall–Kier alpha value is -2.32. The number of halogens is 2. The van der Waals surface area contributed by atoms with Crippen molar-refractivity contribution in [1.29, 1.82) is 0 Å². The van der Waals surface area contributed by atoms with E-state index in [9.17, 15) is 4.79 Å². The Morgan fingerprint density at radius 3 is 2.76 bits per heavy atom. The van der Waals surface area contributed by atoms with Gasteiger partial charge in [0.2, 0.25) is 0 Å². The van der Waals surface area contributed by atoms with Crippen LogP contribution in [0.2, 0.25) is 5.02 Å².